The van der Waals surface area contributed by atoms with Gasteiger partial charge in [0.2, 0.25) is 0 Å². The lowest BCUT2D eigenvalue weighted by atomic mass is 10.2. The summed E-state index contributed by atoms with van der Waals surface area (Å²) >= 11 is 4.89. The first-order valence-electron chi connectivity index (χ1n) is 6.34. The summed E-state index contributed by atoms with van der Waals surface area (Å²) in [6.07, 6.45) is 1.82. The second kappa shape index (κ2) is 6.34. The number of pyridine rings is 1. The molecule has 1 aromatic carbocycles. The van der Waals surface area contributed by atoms with Gasteiger partial charge < -0.3 is 15.8 Å². The van der Waals surface area contributed by atoms with Crippen molar-refractivity contribution in [3.8, 4) is 5.75 Å². The first kappa shape index (κ1) is 14.3. The van der Waals surface area contributed by atoms with Gasteiger partial charge in [0, 0.05) is 17.4 Å². The van der Waals surface area contributed by atoms with E-state index in [4.69, 9.17) is 22.7 Å². The van der Waals surface area contributed by atoms with Gasteiger partial charge in [0.25, 0.3) is 0 Å². The summed E-state index contributed by atoms with van der Waals surface area (Å²) < 4.78 is 5.59. The van der Waals surface area contributed by atoms with Crippen LogP contribution >= 0.6 is 12.2 Å². The first-order chi connectivity index (χ1) is 9.54. The maximum atomic E-state index is 5.59. The van der Waals surface area contributed by atoms with E-state index in [1.807, 2.05) is 50.2 Å². The van der Waals surface area contributed by atoms with Crippen LogP contribution < -0.4 is 15.8 Å². The number of ether oxygens (including phenoxy) is 1. The van der Waals surface area contributed by atoms with Gasteiger partial charge in [-0.3, -0.25) is 0 Å². The standard InChI is InChI=1S/C15H17N3OS/c1-10(2)19-13-6-4-12(5-7-13)18-14-8-3-11(9-17-14)15(16)20/h3-10H,1-2H3,(H2,16,20)(H,17,18). The van der Waals surface area contributed by atoms with Crippen molar-refractivity contribution in [1.29, 1.82) is 0 Å². The van der Waals surface area contributed by atoms with E-state index in [0.29, 0.717) is 4.99 Å². The van der Waals surface area contributed by atoms with Crippen molar-refractivity contribution < 1.29 is 4.74 Å². The van der Waals surface area contributed by atoms with E-state index in [1.54, 1.807) is 6.20 Å². The van der Waals surface area contributed by atoms with Crippen LogP contribution in [-0.2, 0) is 0 Å². The number of nitrogens with zero attached hydrogens (tertiary/aromatic N) is 1. The molecule has 104 valence electrons. The number of rotatable bonds is 5. The van der Waals surface area contributed by atoms with Crippen molar-refractivity contribution in [1.82, 2.24) is 4.98 Å². The summed E-state index contributed by atoms with van der Waals surface area (Å²) in [5.41, 5.74) is 7.23. The highest BCUT2D eigenvalue weighted by molar-refractivity contribution is 7.80. The molecule has 4 nitrogen and oxygen atoms in total. The second-order valence-corrected chi connectivity index (χ2v) is 5.05. The minimum Gasteiger partial charge on any atom is -0.491 e. The predicted molar refractivity (Wildman–Crippen MR) is 85.6 cm³/mol. The topological polar surface area (TPSA) is 60.2 Å². The van der Waals surface area contributed by atoms with Crippen molar-refractivity contribution in [3.63, 3.8) is 0 Å². The summed E-state index contributed by atoms with van der Waals surface area (Å²) in [5.74, 6) is 1.59. The summed E-state index contributed by atoms with van der Waals surface area (Å²) in [7, 11) is 0. The third-order valence-corrected chi connectivity index (χ3v) is 2.78. The Balaban J connectivity index is 2.04. The van der Waals surface area contributed by atoms with Crippen LogP contribution in [0.5, 0.6) is 5.75 Å². The van der Waals surface area contributed by atoms with Crippen molar-refractivity contribution in [2.45, 2.75) is 20.0 Å². The van der Waals surface area contributed by atoms with Gasteiger partial charge in [-0.05, 0) is 50.2 Å². The summed E-state index contributed by atoms with van der Waals surface area (Å²) in [6.45, 7) is 4.00. The van der Waals surface area contributed by atoms with Crippen LogP contribution in [0, 0.1) is 0 Å². The molecule has 0 aliphatic carbocycles. The number of nitrogens with one attached hydrogen (secondary N) is 1. The van der Waals surface area contributed by atoms with Crippen molar-refractivity contribution in [2.75, 3.05) is 5.32 Å². The van der Waals surface area contributed by atoms with Crippen LogP contribution in [-0.4, -0.2) is 16.1 Å². The zero-order chi connectivity index (χ0) is 14.5. The Kier molecular flexibility index (Phi) is 4.53. The van der Waals surface area contributed by atoms with Gasteiger partial charge >= 0.3 is 0 Å². The highest BCUT2D eigenvalue weighted by Gasteiger charge is 2.01. The van der Waals surface area contributed by atoms with Gasteiger partial charge in [0.05, 0.1) is 6.10 Å². The van der Waals surface area contributed by atoms with Crippen molar-refractivity contribution >= 4 is 28.7 Å². The van der Waals surface area contributed by atoms with Gasteiger partial charge in [-0.15, -0.1) is 0 Å². The molecule has 0 spiro atoms. The van der Waals surface area contributed by atoms with E-state index < -0.39 is 0 Å². The highest BCUT2D eigenvalue weighted by Crippen LogP contribution is 2.19. The average molecular weight is 287 g/mol. The Bertz CT molecular complexity index is 579. The number of benzene rings is 1. The second-order valence-electron chi connectivity index (χ2n) is 4.61. The Labute approximate surface area is 124 Å². The minimum absolute atomic E-state index is 0.170. The summed E-state index contributed by atoms with van der Waals surface area (Å²) in [5, 5.41) is 3.20. The molecule has 0 fully saturated rings. The number of thiocarbonyl (C=S) groups is 1. The predicted octanol–water partition coefficient (Wildman–Crippen LogP) is 3.25. The molecule has 2 rings (SSSR count). The molecule has 0 aliphatic heterocycles. The van der Waals surface area contributed by atoms with E-state index >= 15 is 0 Å². The maximum Gasteiger partial charge on any atom is 0.130 e. The zero-order valence-electron chi connectivity index (χ0n) is 11.5. The number of hydrogen-bond donors (Lipinski definition) is 2. The van der Waals surface area contributed by atoms with E-state index in [9.17, 15) is 0 Å². The molecule has 2 aromatic rings. The molecular formula is C15H17N3OS. The normalized spacial score (nSPS) is 10.3. The SMILES string of the molecule is CC(C)Oc1ccc(Nc2ccc(C(N)=S)cn2)cc1. The molecule has 0 radical (unpaired) electrons. The molecule has 0 unspecified atom stereocenters. The smallest absolute Gasteiger partial charge is 0.130 e. The average Bonchev–Trinajstić information content (AvgIpc) is 2.41. The van der Waals surface area contributed by atoms with Gasteiger partial charge in [-0.2, -0.15) is 0 Å². The number of nitrogens with two attached hydrogens (primary N) is 1. The third kappa shape index (κ3) is 3.93. The zero-order valence-corrected chi connectivity index (χ0v) is 12.3. The maximum absolute atomic E-state index is 5.59. The molecule has 1 heterocycles. The molecule has 0 amide bonds. The quantitative estimate of drug-likeness (QED) is 0.827. The fourth-order valence-electron chi connectivity index (χ4n) is 1.65. The molecule has 1 aromatic heterocycles. The monoisotopic (exact) mass is 287 g/mol. The first-order valence-corrected chi connectivity index (χ1v) is 6.75. The molecule has 0 saturated carbocycles. The Morgan fingerprint density at radius 1 is 1.20 bits per heavy atom. The van der Waals surface area contributed by atoms with E-state index in [2.05, 4.69) is 10.3 Å². The largest absolute Gasteiger partial charge is 0.491 e. The van der Waals surface area contributed by atoms with Crippen LogP contribution in [0.4, 0.5) is 11.5 Å². The third-order valence-electron chi connectivity index (χ3n) is 2.55. The van der Waals surface area contributed by atoms with Crippen LogP contribution in [0.2, 0.25) is 0 Å². The van der Waals surface area contributed by atoms with E-state index in [0.717, 1.165) is 22.8 Å². The lowest BCUT2D eigenvalue weighted by molar-refractivity contribution is 0.242. The molecule has 5 heteroatoms. The van der Waals surface area contributed by atoms with Crippen LogP contribution in [0.25, 0.3) is 0 Å². The molecule has 0 atom stereocenters. The van der Waals surface area contributed by atoms with Gasteiger partial charge in [0.1, 0.15) is 16.6 Å². The summed E-state index contributed by atoms with van der Waals surface area (Å²) in [4.78, 5) is 4.60. The summed E-state index contributed by atoms with van der Waals surface area (Å²) in [6, 6.07) is 11.4. The molecular weight excluding hydrogens is 270 g/mol. The molecule has 20 heavy (non-hydrogen) atoms. The molecule has 0 aliphatic rings. The Morgan fingerprint density at radius 3 is 2.40 bits per heavy atom. The number of aromatic nitrogens is 1. The number of hydrogen-bond acceptors (Lipinski definition) is 4. The highest BCUT2D eigenvalue weighted by atomic mass is 32.1. The lowest BCUT2D eigenvalue weighted by Crippen LogP contribution is -2.09. The van der Waals surface area contributed by atoms with Crippen molar-refractivity contribution in [3.05, 3.63) is 48.2 Å². The number of anilines is 2. The van der Waals surface area contributed by atoms with Crippen LogP contribution in [0.1, 0.15) is 19.4 Å². The van der Waals surface area contributed by atoms with Crippen molar-refractivity contribution in [2.24, 2.45) is 5.73 Å². The van der Waals surface area contributed by atoms with Gasteiger partial charge in [-0.1, -0.05) is 12.2 Å². The molecule has 0 saturated heterocycles. The fraction of sp³-hybridized carbons (Fsp3) is 0.200. The van der Waals surface area contributed by atoms with E-state index in [-0.39, 0.29) is 6.10 Å². The Hall–Kier alpha value is -2.14. The van der Waals surface area contributed by atoms with E-state index in [1.165, 1.54) is 0 Å². The fourth-order valence-corrected chi connectivity index (χ4v) is 1.77. The van der Waals surface area contributed by atoms with Gasteiger partial charge in [-0.25, -0.2) is 4.98 Å². The molecule has 0 bridgehead atoms. The Morgan fingerprint density at radius 2 is 1.90 bits per heavy atom. The van der Waals surface area contributed by atoms with Gasteiger partial charge in [0.15, 0.2) is 0 Å². The van der Waals surface area contributed by atoms with Crippen LogP contribution in [0.3, 0.4) is 0 Å². The molecule has 3 N–H and O–H groups in total. The minimum atomic E-state index is 0.170. The van der Waals surface area contributed by atoms with Crippen LogP contribution in [0.15, 0.2) is 42.6 Å². The lowest BCUT2D eigenvalue weighted by Gasteiger charge is -2.11.